The minimum absolute atomic E-state index is 0.0142. The maximum atomic E-state index is 14.7. The number of anilines is 1. The van der Waals surface area contributed by atoms with Gasteiger partial charge in [-0.15, -0.1) is 0 Å². The van der Waals surface area contributed by atoms with Crippen molar-refractivity contribution < 1.29 is 64.3 Å². The van der Waals surface area contributed by atoms with Gasteiger partial charge < -0.3 is 24.8 Å². The molecule has 0 spiro atoms. The molecular formula is C32H37F6NO8S. The standard InChI is InChI=1S/C32H37F6NO8S/c1-4-5-6-19(7-15(2)32(36,37)38)48(44,45)39-22-11-20-21(26(20)16-8-17(33)10-18(9-16)47-30(34)35)12-25(22)46-14-23(39)27-28(41)24(40)13-31(27,3)29(42)43/h8-12,15,19,23-24,26-28,30,40-41H,4-7,13-14H2,1-3H3,(H,42,43)/t15?,19?,23-,24-,26?,27?,28-,31?/m1/s1. The number of ether oxygens (including phenoxy) is 2. The van der Waals surface area contributed by atoms with Gasteiger partial charge in [-0.1, -0.05) is 26.7 Å². The van der Waals surface area contributed by atoms with Crippen LogP contribution in [0, 0.1) is 23.1 Å². The first kappa shape index (κ1) is 36.1. The third-order valence-corrected chi connectivity index (χ3v) is 12.2. The number of aliphatic hydroxyl groups excluding tert-OH is 2. The van der Waals surface area contributed by atoms with Crippen LogP contribution >= 0.6 is 0 Å². The summed E-state index contributed by atoms with van der Waals surface area (Å²) in [6.07, 6.45) is -8.59. The van der Waals surface area contributed by atoms with E-state index >= 15 is 0 Å². The largest absolute Gasteiger partial charge is 0.489 e. The van der Waals surface area contributed by atoms with Gasteiger partial charge in [0.05, 0.1) is 40.5 Å². The Morgan fingerprint density at radius 1 is 1.15 bits per heavy atom. The number of aliphatic hydroxyl groups is 2. The molecule has 3 aliphatic rings. The summed E-state index contributed by atoms with van der Waals surface area (Å²) in [5, 5.41) is 30.3. The third-order valence-electron chi connectivity index (χ3n) is 9.89. The fraction of sp³-hybridized carbons (Fsp3) is 0.594. The summed E-state index contributed by atoms with van der Waals surface area (Å²) in [6.45, 7) is 0.157. The average molecular weight is 710 g/mol. The zero-order valence-corrected chi connectivity index (χ0v) is 27.1. The molecule has 1 heterocycles. The van der Waals surface area contributed by atoms with Gasteiger partial charge in [-0.05, 0) is 67.1 Å². The van der Waals surface area contributed by atoms with Crippen LogP contribution in [-0.2, 0) is 14.8 Å². The van der Waals surface area contributed by atoms with Gasteiger partial charge >= 0.3 is 18.8 Å². The van der Waals surface area contributed by atoms with Crippen molar-refractivity contribution in [1.29, 1.82) is 0 Å². The van der Waals surface area contributed by atoms with Crippen LogP contribution in [0.3, 0.4) is 0 Å². The molecule has 0 aromatic heterocycles. The fourth-order valence-corrected chi connectivity index (χ4v) is 9.59. The number of nitrogens with zero attached hydrogens (tertiary/aromatic N) is 1. The van der Waals surface area contributed by atoms with Crippen LogP contribution < -0.4 is 13.8 Å². The number of fused-ring (bicyclic) bond motifs is 2. The first-order chi connectivity index (χ1) is 22.3. The smallest absolute Gasteiger partial charge is 0.391 e. The van der Waals surface area contributed by atoms with Gasteiger partial charge in [-0.25, -0.2) is 12.8 Å². The molecule has 266 valence electrons. The first-order valence-electron chi connectivity index (χ1n) is 15.6. The zero-order valence-electron chi connectivity index (χ0n) is 26.3. The highest BCUT2D eigenvalue weighted by molar-refractivity contribution is 7.93. The van der Waals surface area contributed by atoms with Crippen molar-refractivity contribution in [2.75, 3.05) is 10.9 Å². The van der Waals surface area contributed by atoms with Gasteiger partial charge in [0.15, 0.2) is 0 Å². The predicted molar refractivity (Wildman–Crippen MR) is 160 cm³/mol. The minimum atomic E-state index is -4.77. The van der Waals surface area contributed by atoms with Crippen molar-refractivity contribution in [3.8, 4) is 11.5 Å². The highest BCUT2D eigenvalue weighted by atomic mass is 32.2. The number of sulfonamides is 1. The lowest BCUT2D eigenvalue weighted by molar-refractivity contribution is -0.171. The average Bonchev–Trinajstić information content (AvgIpc) is 3.62. The Kier molecular flexibility index (Phi) is 9.69. The fourth-order valence-electron chi connectivity index (χ4n) is 7.29. The van der Waals surface area contributed by atoms with Crippen molar-refractivity contribution >= 4 is 21.7 Å². The Morgan fingerprint density at radius 3 is 2.42 bits per heavy atom. The van der Waals surface area contributed by atoms with Crippen LogP contribution in [-0.4, -0.2) is 72.6 Å². The third kappa shape index (κ3) is 6.54. The van der Waals surface area contributed by atoms with Crippen LogP contribution in [0.2, 0.25) is 0 Å². The second-order valence-corrected chi connectivity index (χ2v) is 15.2. The number of aliphatic carboxylic acids is 1. The Balaban J connectivity index is 1.64. The van der Waals surface area contributed by atoms with Gasteiger partial charge in [-0.2, -0.15) is 22.0 Å². The Hall–Kier alpha value is -3.24. The molecule has 16 heteroatoms. The highest BCUT2D eigenvalue weighted by Crippen LogP contribution is 2.57. The molecule has 2 aliphatic carbocycles. The molecule has 9 nitrogen and oxygen atoms in total. The molecule has 5 unspecified atom stereocenters. The highest BCUT2D eigenvalue weighted by Gasteiger charge is 2.61. The SMILES string of the molecule is CCCCC(CC(C)C(F)(F)F)S(=O)(=O)N1c2cc3c(cc2OC[C@@H]1C1[C@H](O)[C@H](O)CC1(C)C(=O)O)C3c1cc(F)cc(OC(F)F)c1. The number of carboxylic acid groups (broad SMARTS) is 1. The van der Waals surface area contributed by atoms with E-state index < -0.39 is 106 Å². The van der Waals surface area contributed by atoms with Crippen molar-refractivity contribution in [1.82, 2.24) is 0 Å². The second-order valence-electron chi connectivity index (χ2n) is 13.2. The van der Waals surface area contributed by atoms with Gasteiger partial charge in [0.2, 0.25) is 10.0 Å². The molecule has 1 saturated carbocycles. The number of hydrogen-bond donors (Lipinski definition) is 3. The lowest BCUT2D eigenvalue weighted by atomic mass is 9.75. The normalized spacial score (nSPS) is 28.0. The maximum Gasteiger partial charge on any atom is 0.391 e. The number of carboxylic acids is 1. The number of alkyl halides is 5. The first-order valence-corrected chi connectivity index (χ1v) is 17.1. The van der Waals surface area contributed by atoms with Gasteiger partial charge in [0.1, 0.15) is 23.9 Å². The molecular weight excluding hydrogens is 672 g/mol. The number of benzene rings is 2. The number of hydrogen-bond acceptors (Lipinski definition) is 7. The molecule has 2 aromatic carbocycles. The Morgan fingerprint density at radius 2 is 1.81 bits per heavy atom. The topological polar surface area (TPSA) is 134 Å². The maximum absolute atomic E-state index is 14.7. The molecule has 0 saturated heterocycles. The molecule has 0 radical (unpaired) electrons. The lowest BCUT2D eigenvalue weighted by Crippen LogP contribution is -2.59. The molecule has 0 amide bonds. The molecule has 3 N–H and O–H groups in total. The van der Waals surface area contributed by atoms with Gasteiger partial charge in [0, 0.05) is 17.9 Å². The van der Waals surface area contributed by atoms with E-state index in [2.05, 4.69) is 4.74 Å². The minimum Gasteiger partial charge on any atom is -0.489 e. The molecule has 48 heavy (non-hydrogen) atoms. The Bertz CT molecular complexity index is 1660. The summed E-state index contributed by atoms with van der Waals surface area (Å²) in [7, 11) is -4.77. The van der Waals surface area contributed by atoms with Crippen LogP contribution in [0.4, 0.5) is 32.0 Å². The quantitative estimate of drug-likeness (QED) is 0.201. The molecule has 8 atom stereocenters. The molecule has 1 aliphatic heterocycles. The molecule has 1 fully saturated rings. The van der Waals surface area contributed by atoms with Crippen molar-refractivity contribution in [3.63, 3.8) is 0 Å². The summed E-state index contributed by atoms with van der Waals surface area (Å²) >= 11 is 0. The van der Waals surface area contributed by atoms with E-state index in [1.807, 2.05) is 0 Å². The molecule has 0 bridgehead atoms. The Labute approximate surface area is 273 Å². The number of rotatable bonds is 12. The summed E-state index contributed by atoms with van der Waals surface area (Å²) in [4.78, 5) is 12.5. The van der Waals surface area contributed by atoms with E-state index in [1.165, 1.54) is 25.1 Å². The van der Waals surface area contributed by atoms with E-state index in [9.17, 15) is 54.9 Å². The molecule has 5 rings (SSSR count). The summed E-state index contributed by atoms with van der Waals surface area (Å²) in [5.74, 6) is -6.90. The lowest BCUT2D eigenvalue weighted by Gasteiger charge is -2.45. The second kappa shape index (κ2) is 12.9. The zero-order chi connectivity index (χ0) is 35.5. The van der Waals surface area contributed by atoms with Gasteiger partial charge in [0.25, 0.3) is 0 Å². The number of unbranched alkanes of at least 4 members (excludes halogenated alkanes) is 1. The summed E-state index contributed by atoms with van der Waals surface area (Å²) in [6, 6.07) is 4.45. The van der Waals surface area contributed by atoms with Crippen LogP contribution in [0.5, 0.6) is 11.5 Å². The van der Waals surface area contributed by atoms with E-state index in [-0.39, 0.29) is 29.8 Å². The van der Waals surface area contributed by atoms with Crippen molar-refractivity contribution in [2.24, 2.45) is 17.3 Å². The van der Waals surface area contributed by atoms with Crippen LogP contribution in [0.1, 0.15) is 75.5 Å². The van der Waals surface area contributed by atoms with E-state index in [0.717, 1.165) is 23.4 Å². The van der Waals surface area contributed by atoms with Crippen LogP contribution in [0.25, 0.3) is 0 Å². The van der Waals surface area contributed by atoms with E-state index in [4.69, 9.17) is 4.74 Å². The number of halogens is 6. The van der Waals surface area contributed by atoms with E-state index in [1.54, 1.807) is 6.92 Å². The van der Waals surface area contributed by atoms with Crippen molar-refractivity contribution in [3.05, 3.63) is 52.8 Å². The van der Waals surface area contributed by atoms with Crippen molar-refractivity contribution in [2.45, 2.75) is 95.1 Å². The molecule has 2 aromatic rings. The summed E-state index contributed by atoms with van der Waals surface area (Å²) in [5.41, 5.74) is -0.798. The van der Waals surface area contributed by atoms with E-state index in [0.29, 0.717) is 17.5 Å². The predicted octanol–water partition coefficient (Wildman–Crippen LogP) is 5.80. The number of carbonyl (C=O) groups is 1. The van der Waals surface area contributed by atoms with Crippen LogP contribution in [0.15, 0.2) is 30.3 Å². The monoisotopic (exact) mass is 709 g/mol. The van der Waals surface area contributed by atoms with Gasteiger partial charge in [-0.3, -0.25) is 9.10 Å². The summed E-state index contributed by atoms with van der Waals surface area (Å²) < 4.78 is 122.